The van der Waals surface area contributed by atoms with E-state index in [9.17, 15) is 9.59 Å². The Kier molecular flexibility index (Phi) is 17.3. The first-order valence-electron chi connectivity index (χ1n) is 13.7. The summed E-state index contributed by atoms with van der Waals surface area (Å²) in [4.78, 5) is 22.0. The van der Waals surface area contributed by atoms with Gasteiger partial charge in [0.15, 0.2) is 0 Å². The summed E-state index contributed by atoms with van der Waals surface area (Å²) in [6.07, 6.45) is 0. The summed E-state index contributed by atoms with van der Waals surface area (Å²) >= 11 is 0. The van der Waals surface area contributed by atoms with Gasteiger partial charge in [-0.1, -0.05) is 97.1 Å². The third-order valence-electron chi connectivity index (χ3n) is 5.70. The molecule has 0 saturated heterocycles. The van der Waals surface area contributed by atoms with Gasteiger partial charge in [-0.05, 0) is 34.4 Å². The maximum Gasteiger partial charge on any atom is 0.336 e. The molecule has 0 aliphatic heterocycles. The predicted octanol–water partition coefficient (Wildman–Crippen LogP) is 5.12. The number of hydrogen-bond donors (Lipinski definition) is 4. The number of aliphatic hydroxyl groups excluding tert-OH is 2. The van der Waals surface area contributed by atoms with Gasteiger partial charge in [-0.15, -0.1) is 0 Å². The molecule has 4 aromatic carbocycles. The Balaban J connectivity index is 0.000000226. The number of aliphatic hydroxyl groups is 2. The van der Waals surface area contributed by atoms with Crippen molar-refractivity contribution >= 4 is 11.9 Å². The Morgan fingerprint density at radius 2 is 0.744 bits per heavy atom. The lowest BCUT2D eigenvalue weighted by molar-refractivity contribution is 0.00230. The Morgan fingerprint density at radius 3 is 1.07 bits per heavy atom. The lowest BCUT2D eigenvalue weighted by Gasteiger charge is -2.05. The van der Waals surface area contributed by atoms with Crippen molar-refractivity contribution < 1.29 is 44.2 Å². The van der Waals surface area contributed by atoms with Gasteiger partial charge in [0.05, 0.1) is 64.0 Å². The number of carboxylic acid groups (broad SMARTS) is 2. The van der Waals surface area contributed by atoms with Crippen LogP contribution in [-0.2, 0) is 14.2 Å². The Hall–Kier alpha value is -4.38. The van der Waals surface area contributed by atoms with E-state index in [0.717, 1.165) is 22.3 Å². The van der Waals surface area contributed by atoms with Gasteiger partial charge in [0.2, 0.25) is 0 Å². The molecule has 0 bridgehead atoms. The monoisotopic (exact) mass is 590 g/mol. The third kappa shape index (κ3) is 13.4. The van der Waals surface area contributed by atoms with Crippen LogP contribution < -0.4 is 0 Å². The molecule has 228 valence electrons. The third-order valence-corrected chi connectivity index (χ3v) is 5.70. The van der Waals surface area contributed by atoms with E-state index in [-0.39, 0.29) is 13.2 Å². The molecule has 9 heteroatoms. The summed E-state index contributed by atoms with van der Waals surface area (Å²) in [7, 11) is 0. The van der Waals surface area contributed by atoms with E-state index in [2.05, 4.69) is 0 Å². The lowest BCUT2D eigenvalue weighted by atomic mass is 10.00. The average molecular weight is 591 g/mol. The van der Waals surface area contributed by atoms with Crippen molar-refractivity contribution in [1.29, 1.82) is 0 Å². The van der Waals surface area contributed by atoms with Crippen LogP contribution >= 0.6 is 0 Å². The van der Waals surface area contributed by atoms with Crippen molar-refractivity contribution in [3.05, 3.63) is 120 Å². The van der Waals surface area contributed by atoms with Gasteiger partial charge in [-0.25, -0.2) is 9.59 Å². The van der Waals surface area contributed by atoms with Crippen molar-refractivity contribution in [2.75, 3.05) is 52.9 Å². The van der Waals surface area contributed by atoms with Crippen molar-refractivity contribution in [3.63, 3.8) is 0 Å². The highest BCUT2D eigenvalue weighted by molar-refractivity contribution is 5.96. The molecule has 4 N–H and O–H groups in total. The van der Waals surface area contributed by atoms with Gasteiger partial charge >= 0.3 is 11.9 Å². The molecule has 0 aliphatic carbocycles. The van der Waals surface area contributed by atoms with Crippen molar-refractivity contribution in [2.45, 2.75) is 0 Å². The molecule has 43 heavy (non-hydrogen) atoms. The Labute approximate surface area is 251 Å². The predicted molar refractivity (Wildman–Crippen MR) is 164 cm³/mol. The number of carbonyl (C=O) groups is 2. The standard InChI is InChI=1S/2C13H10O2.C8H18O5/c2*14-13(15)12-9-5-4-8-11(12)10-6-2-1-3-7-10;9-1-3-11-5-7-13-8-6-12-4-2-10/h2*1-9H,(H,14,15);9-10H,1-8H2. The molecule has 0 heterocycles. The summed E-state index contributed by atoms with van der Waals surface area (Å²) in [5.74, 6) is -1.79. The highest BCUT2D eigenvalue weighted by Gasteiger charge is 2.10. The first-order chi connectivity index (χ1) is 21.0. The van der Waals surface area contributed by atoms with Gasteiger partial charge in [0.25, 0.3) is 0 Å². The summed E-state index contributed by atoms with van der Waals surface area (Å²) in [5, 5.41) is 34.8. The first kappa shape index (κ1) is 34.8. The van der Waals surface area contributed by atoms with Crippen LogP contribution in [0.1, 0.15) is 20.7 Å². The van der Waals surface area contributed by atoms with Crippen LogP contribution in [-0.4, -0.2) is 85.2 Å². The lowest BCUT2D eigenvalue weighted by Crippen LogP contribution is -2.11. The van der Waals surface area contributed by atoms with E-state index in [1.807, 2.05) is 84.9 Å². The van der Waals surface area contributed by atoms with Crippen LogP contribution in [0.25, 0.3) is 22.3 Å². The van der Waals surface area contributed by atoms with Crippen LogP contribution in [0.2, 0.25) is 0 Å². The summed E-state index contributed by atoms with van der Waals surface area (Å²) in [5.41, 5.74) is 4.04. The first-order valence-corrected chi connectivity index (χ1v) is 13.7. The smallest absolute Gasteiger partial charge is 0.336 e. The fourth-order valence-electron chi connectivity index (χ4n) is 3.75. The summed E-state index contributed by atoms with van der Waals surface area (Å²) < 4.78 is 15.0. The van der Waals surface area contributed by atoms with Crippen molar-refractivity contribution in [2.24, 2.45) is 0 Å². The van der Waals surface area contributed by atoms with Crippen LogP contribution in [0, 0.1) is 0 Å². The minimum Gasteiger partial charge on any atom is -0.478 e. The van der Waals surface area contributed by atoms with Crippen molar-refractivity contribution in [3.8, 4) is 22.3 Å². The Morgan fingerprint density at radius 1 is 0.442 bits per heavy atom. The van der Waals surface area contributed by atoms with Gasteiger partial charge in [-0.3, -0.25) is 0 Å². The molecule has 0 saturated carbocycles. The molecule has 0 aromatic heterocycles. The summed E-state index contributed by atoms with van der Waals surface area (Å²) in [6, 6.07) is 33.0. The molecule has 9 nitrogen and oxygen atoms in total. The fraction of sp³-hybridized carbons (Fsp3) is 0.235. The van der Waals surface area contributed by atoms with E-state index < -0.39 is 11.9 Å². The second-order valence-corrected chi connectivity index (χ2v) is 8.72. The highest BCUT2D eigenvalue weighted by Crippen LogP contribution is 2.24. The van der Waals surface area contributed by atoms with Gasteiger partial charge in [-0.2, -0.15) is 0 Å². The minimum absolute atomic E-state index is 0.0413. The van der Waals surface area contributed by atoms with E-state index in [0.29, 0.717) is 50.8 Å². The molecule has 4 rings (SSSR count). The van der Waals surface area contributed by atoms with Gasteiger partial charge < -0.3 is 34.6 Å². The van der Waals surface area contributed by atoms with Crippen LogP contribution in [0.4, 0.5) is 0 Å². The molecule has 0 amide bonds. The number of ether oxygens (including phenoxy) is 3. The second kappa shape index (κ2) is 21.3. The maximum atomic E-state index is 11.0. The topological polar surface area (TPSA) is 143 Å². The molecular formula is C34H38O9. The molecule has 0 atom stereocenters. The molecule has 0 fully saturated rings. The number of aromatic carboxylic acids is 2. The van der Waals surface area contributed by atoms with E-state index in [1.165, 1.54) is 0 Å². The van der Waals surface area contributed by atoms with Crippen molar-refractivity contribution in [1.82, 2.24) is 0 Å². The number of hydrogen-bond acceptors (Lipinski definition) is 7. The van der Waals surface area contributed by atoms with Crippen LogP contribution in [0.3, 0.4) is 0 Å². The van der Waals surface area contributed by atoms with E-state index in [4.69, 9.17) is 34.6 Å². The number of carboxylic acids is 2. The Bertz CT molecular complexity index is 1230. The minimum atomic E-state index is -0.894. The molecule has 0 aliphatic rings. The quantitative estimate of drug-likeness (QED) is 0.147. The van der Waals surface area contributed by atoms with Gasteiger partial charge in [0, 0.05) is 0 Å². The molecule has 0 spiro atoms. The molecule has 0 unspecified atom stereocenters. The maximum absolute atomic E-state index is 11.0. The molecule has 4 aromatic rings. The largest absolute Gasteiger partial charge is 0.478 e. The van der Waals surface area contributed by atoms with E-state index in [1.54, 1.807) is 24.3 Å². The SMILES string of the molecule is O=C(O)c1ccccc1-c1ccccc1.O=C(O)c1ccccc1-c1ccccc1.OCCOCCOCCOCCO. The average Bonchev–Trinajstić information content (AvgIpc) is 3.05. The number of benzene rings is 4. The molecule has 0 radical (unpaired) electrons. The van der Waals surface area contributed by atoms with E-state index >= 15 is 0 Å². The number of rotatable bonds is 14. The van der Waals surface area contributed by atoms with Crippen LogP contribution in [0.15, 0.2) is 109 Å². The van der Waals surface area contributed by atoms with Gasteiger partial charge in [0.1, 0.15) is 0 Å². The second-order valence-electron chi connectivity index (χ2n) is 8.72. The fourth-order valence-corrected chi connectivity index (χ4v) is 3.75. The van der Waals surface area contributed by atoms with Crippen LogP contribution in [0.5, 0.6) is 0 Å². The zero-order chi connectivity index (χ0) is 31.1. The zero-order valence-corrected chi connectivity index (χ0v) is 23.9. The summed E-state index contributed by atoms with van der Waals surface area (Å²) in [6.45, 7) is 2.76. The molecular weight excluding hydrogens is 552 g/mol. The highest BCUT2D eigenvalue weighted by atomic mass is 16.5. The zero-order valence-electron chi connectivity index (χ0n) is 23.9. The normalized spacial score (nSPS) is 10.1.